The maximum Gasteiger partial charge on any atom is 0.258 e. The predicted molar refractivity (Wildman–Crippen MR) is 173 cm³/mol. The molecule has 1 unspecified atom stereocenters. The highest BCUT2D eigenvalue weighted by Gasteiger charge is 2.29. The van der Waals surface area contributed by atoms with Crippen molar-refractivity contribution in [3.05, 3.63) is 65.7 Å². The van der Waals surface area contributed by atoms with Crippen molar-refractivity contribution in [1.29, 1.82) is 0 Å². The molecular weight excluding hydrogens is 524 g/mol. The van der Waals surface area contributed by atoms with Crippen molar-refractivity contribution >= 4 is 23.0 Å². The van der Waals surface area contributed by atoms with Gasteiger partial charge in [-0.2, -0.15) is 0 Å². The maximum absolute atomic E-state index is 13.7. The number of amides is 1. The van der Waals surface area contributed by atoms with E-state index in [2.05, 4.69) is 72.8 Å². The van der Waals surface area contributed by atoms with Gasteiger partial charge >= 0.3 is 0 Å². The molecule has 2 heterocycles. The van der Waals surface area contributed by atoms with Crippen LogP contribution >= 0.6 is 0 Å². The van der Waals surface area contributed by atoms with E-state index < -0.39 is 0 Å². The number of benzene rings is 3. The van der Waals surface area contributed by atoms with E-state index in [9.17, 15) is 4.79 Å². The van der Waals surface area contributed by atoms with Crippen molar-refractivity contribution in [1.82, 2.24) is 5.32 Å². The summed E-state index contributed by atoms with van der Waals surface area (Å²) in [6.07, 6.45) is 5.84. The van der Waals surface area contributed by atoms with Crippen molar-refractivity contribution in [2.45, 2.75) is 52.5 Å². The molecule has 0 aromatic heterocycles. The summed E-state index contributed by atoms with van der Waals surface area (Å²) in [6, 6.07) is 18.7. The lowest BCUT2D eigenvalue weighted by molar-refractivity contribution is 0.0996. The number of hydrogen-bond donors (Lipinski definition) is 2. The van der Waals surface area contributed by atoms with Crippen LogP contribution in [0.3, 0.4) is 0 Å². The molecule has 0 aliphatic carbocycles. The summed E-state index contributed by atoms with van der Waals surface area (Å²) in [5.74, 6) is 2.05. The number of hydrogen-bond acceptors (Lipinski definition) is 6. The van der Waals surface area contributed by atoms with Crippen molar-refractivity contribution < 1.29 is 14.3 Å². The predicted octanol–water partition coefficient (Wildman–Crippen LogP) is 6.96. The highest BCUT2D eigenvalue weighted by molar-refractivity contribution is 6.10. The van der Waals surface area contributed by atoms with Gasteiger partial charge in [0.05, 0.1) is 20.3 Å². The SMILES string of the molecule is CCCCCN(C)c1cc(NCC)cc(-c2ccc3c(c2)C(=O)N(c2ccc(OCCC4CCNC4)c(OC)c2)C3)c1. The number of unbranched alkanes of at least 4 members (excludes halogenated alkanes) is 2. The third-order valence-corrected chi connectivity index (χ3v) is 8.49. The monoisotopic (exact) mass is 570 g/mol. The molecular formula is C35H46N4O3. The Morgan fingerprint density at radius 2 is 1.90 bits per heavy atom. The van der Waals surface area contributed by atoms with E-state index >= 15 is 0 Å². The normalized spacial score (nSPS) is 16.0. The summed E-state index contributed by atoms with van der Waals surface area (Å²) in [7, 11) is 3.81. The number of carbonyl (C=O) groups excluding carboxylic acids is 1. The second-order valence-corrected chi connectivity index (χ2v) is 11.5. The molecule has 0 bridgehead atoms. The number of carbonyl (C=O) groups is 1. The summed E-state index contributed by atoms with van der Waals surface area (Å²) >= 11 is 0. The first-order chi connectivity index (χ1) is 20.5. The fraction of sp³-hybridized carbons (Fsp3) is 0.457. The number of ether oxygens (including phenoxy) is 2. The summed E-state index contributed by atoms with van der Waals surface area (Å²) in [6.45, 7) is 9.57. The van der Waals surface area contributed by atoms with Crippen molar-refractivity contribution in [2.75, 3.05) is 62.1 Å². The van der Waals surface area contributed by atoms with Gasteiger partial charge in [-0.15, -0.1) is 0 Å². The Labute approximate surface area is 251 Å². The quantitative estimate of drug-likeness (QED) is 0.204. The lowest BCUT2D eigenvalue weighted by Gasteiger charge is -2.22. The van der Waals surface area contributed by atoms with Crippen molar-refractivity contribution in [3.8, 4) is 22.6 Å². The number of nitrogens with one attached hydrogen (secondary N) is 2. The Bertz CT molecular complexity index is 1370. The Kier molecular flexibility index (Phi) is 9.90. The van der Waals surface area contributed by atoms with Crippen LogP contribution in [0.2, 0.25) is 0 Å². The van der Waals surface area contributed by atoms with E-state index in [4.69, 9.17) is 9.47 Å². The Balaban J connectivity index is 1.33. The molecule has 224 valence electrons. The fourth-order valence-corrected chi connectivity index (χ4v) is 5.96. The molecule has 3 aromatic rings. The van der Waals surface area contributed by atoms with Gasteiger partial charge in [-0.05, 0) is 98.3 Å². The zero-order valence-electron chi connectivity index (χ0n) is 25.7. The second kappa shape index (κ2) is 14.0. The van der Waals surface area contributed by atoms with Gasteiger partial charge in [0.25, 0.3) is 5.91 Å². The summed E-state index contributed by atoms with van der Waals surface area (Å²) in [5.41, 5.74) is 7.03. The van der Waals surface area contributed by atoms with Gasteiger partial charge in [0, 0.05) is 48.8 Å². The Morgan fingerprint density at radius 1 is 1.02 bits per heavy atom. The standard InChI is InChI=1S/C35H46N4O3/c1-5-7-8-16-38(3)31-19-28(18-29(21-31)37-6-2)26-9-10-27-24-39(35(40)32(27)20-26)30-11-12-33(34(22-30)41-4)42-17-14-25-13-15-36-23-25/h9-12,18-22,25,36-37H,5-8,13-17,23-24H2,1-4H3. The van der Waals surface area contributed by atoms with Crippen molar-refractivity contribution in [2.24, 2.45) is 5.92 Å². The van der Waals surface area contributed by atoms with E-state index in [0.29, 0.717) is 24.8 Å². The number of fused-ring (bicyclic) bond motifs is 1. The number of rotatable bonds is 14. The first-order valence-electron chi connectivity index (χ1n) is 15.6. The molecule has 1 amide bonds. The zero-order chi connectivity index (χ0) is 29.5. The van der Waals surface area contributed by atoms with Gasteiger partial charge in [0.2, 0.25) is 0 Å². The average Bonchev–Trinajstić information content (AvgIpc) is 3.65. The molecule has 0 spiro atoms. The van der Waals surface area contributed by atoms with Gasteiger partial charge in [0.15, 0.2) is 11.5 Å². The second-order valence-electron chi connectivity index (χ2n) is 11.5. The minimum Gasteiger partial charge on any atom is -0.493 e. The molecule has 7 heteroatoms. The third kappa shape index (κ3) is 6.84. The third-order valence-electron chi connectivity index (χ3n) is 8.49. The lowest BCUT2D eigenvalue weighted by Crippen LogP contribution is -2.23. The highest BCUT2D eigenvalue weighted by Crippen LogP contribution is 2.37. The molecule has 1 fully saturated rings. The molecule has 2 N–H and O–H groups in total. The molecule has 2 aliphatic heterocycles. The van der Waals surface area contributed by atoms with Gasteiger partial charge in [-0.3, -0.25) is 4.79 Å². The largest absolute Gasteiger partial charge is 0.493 e. The minimum absolute atomic E-state index is 0.0102. The fourth-order valence-electron chi connectivity index (χ4n) is 5.96. The van der Waals surface area contributed by atoms with Gasteiger partial charge < -0.3 is 29.9 Å². The van der Waals surface area contributed by atoms with E-state index in [1.165, 1.54) is 31.4 Å². The summed E-state index contributed by atoms with van der Waals surface area (Å²) in [5, 5.41) is 6.89. The zero-order valence-corrected chi connectivity index (χ0v) is 25.7. The average molecular weight is 571 g/mol. The van der Waals surface area contributed by atoms with Crippen LogP contribution in [0, 0.1) is 5.92 Å². The first kappa shape index (κ1) is 29.8. The summed E-state index contributed by atoms with van der Waals surface area (Å²) < 4.78 is 11.7. The molecule has 1 atom stereocenters. The van der Waals surface area contributed by atoms with Crippen molar-refractivity contribution in [3.63, 3.8) is 0 Å². The number of nitrogens with zero attached hydrogens (tertiary/aromatic N) is 2. The smallest absolute Gasteiger partial charge is 0.258 e. The minimum atomic E-state index is 0.0102. The van der Waals surface area contributed by atoms with Crippen LogP contribution in [0.15, 0.2) is 54.6 Å². The van der Waals surface area contributed by atoms with E-state index in [0.717, 1.165) is 72.0 Å². The van der Waals surface area contributed by atoms with Gasteiger partial charge in [0.1, 0.15) is 0 Å². The molecule has 5 rings (SSSR count). The van der Waals surface area contributed by atoms with Crippen LogP contribution in [0.4, 0.5) is 17.1 Å². The lowest BCUT2D eigenvalue weighted by atomic mass is 9.99. The van der Waals surface area contributed by atoms with Crippen LogP contribution in [0.5, 0.6) is 11.5 Å². The van der Waals surface area contributed by atoms with Gasteiger partial charge in [-0.1, -0.05) is 31.9 Å². The molecule has 0 saturated carbocycles. The molecule has 0 radical (unpaired) electrons. The maximum atomic E-state index is 13.7. The van der Waals surface area contributed by atoms with E-state index in [-0.39, 0.29) is 5.91 Å². The topological polar surface area (TPSA) is 66.1 Å². The molecule has 3 aromatic carbocycles. The summed E-state index contributed by atoms with van der Waals surface area (Å²) in [4.78, 5) is 17.9. The van der Waals surface area contributed by atoms with Crippen LogP contribution in [-0.2, 0) is 6.54 Å². The van der Waals surface area contributed by atoms with Crippen LogP contribution in [0.1, 0.15) is 61.9 Å². The number of methoxy groups -OCH3 is 1. The molecule has 7 nitrogen and oxygen atoms in total. The van der Waals surface area contributed by atoms with E-state index in [1.807, 2.05) is 23.1 Å². The van der Waals surface area contributed by atoms with Crippen LogP contribution in [-0.4, -0.2) is 52.9 Å². The Hall–Kier alpha value is -3.71. The molecule has 2 aliphatic rings. The number of anilines is 3. The first-order valence-corrected chi connectivity index (χ1v) is 15.6. The van der Waals surface area contributed by atoms with Crippen LogP contribution in [0.25, 0.3) is 11.1 Å². The van der Waals surface area contributed by atoms with Crippen LogP contribution < -0.4 is 29.9 Å². The highest BCUT2D eigenvalue weighted by atomic mass is 16.5. The Morgan fingerprint density at radius 3 is 2.67 bits per heavy atom. The van der Waals surface area contributed by atoms with E-state index in [1.54, 1.807) is 7.11 Å². The molecule has 1 saturated heterocycles. The molecule has 42 heavy (non-hydrogen) atoms. The van der Waals surface area contributed by atoms with Gasteiger partial charge in [-0.25, -0.2) is 0 Å².